The van der Waals surface area contributed by atoms with Crippen molar-refractivity contribution in [2.45, 2.75) is 25.1 Å². The molecule has 2 aliphatic rings. The molecule has 4 heterocycles. The van der Waals surface area contributed by atoms with Gasteiger partial charge in [-0.1, -0.05) is 23.7 Å². The van der Waals surface area contributed by atoms with E-state index in [0.717, 1.165) is 50.4 Å². The summed E-state index contributed by atoms with van der Waals surface area (Å²) in [4.78, 5) is 20.0. The number of nitrogens with one attached hydrogen (secondary N) is 1. The van der Waals surface area contributed by atoms with Crippen molar-refractivity contribution < 1.29 is 13.2 Å². The predicted octanol–water partition coefficient (Wildman–Crippen LogP) is 4.85. The summed E-state index contributed by atoms with van der Waals surface area (Å²) in [5, 5.41) is 3.85. The van der Waals surface area contributed by atoms with Crippen molar-refractivity contribution in [2.75, 3.05) is 24.5 Å². The molecular formula is C23H20ClF3N6. The summed E-state index contributed by atoms with van der Waals surface area (Å²) in [7, 11) is 0. The highest BCUT2D eigenvalue weighted by Crippen LogP contribution is 2.36. The monoisotopic (exact) mass is 472 g/mol. The first-order valence-electron chi connectivity index (χ1n) is 10.6. The second-order valence-electron chi connectivity index (χ2n) is 8.03. The van der Waals surface area contributed by atoms with Crippen LogP contribution in [0.4, 0.5) is 19.0 Å². The largest absolute Gasteiger partial charge is 0.416 e. The van der Waals surface area contributed by atoms with Gasteiger partial charge in [0.25, 0.3) is 0 Å². The minimum Gasteiger partial charge on any atom is -0.368 e. The van der Waals surface area contributed by atoms with Gasteiger partial charge in [-0.05, 0) is 24.6 Å². The first kappa shape index (κ1) is 21.6. The van der Waals surface area contributed by atoms with E-state index in [4.69, 9.17) is 16.6 Å². The number of aromatic nitrogens is 3. The second kappa shape index (κ2) is 8.62. The zero-order chi connectivity index (χ0) is 23.0. The lowest BCUT2D eigenvalue weighted by atomic mass is 10.0. The maximum Gasteiger partial charge on any atom is 0.416 e. The van der Waals surface area contributed by atoms with E-state index >= 15 is 0 Å². The van der Waals surface area contributed by atoms with Gasteiger partial charge in [0.05, 0.1) is 34.4 Å². The van der Waals surface area contributed by atoms with E-state index in [2.05, 4.69) is 25.2 Å². The molecule has 0 aliphatic carbocycles. The second-order valence-corrected chi connectivity index (χ2v) is 8.44. The maximum atomic E-state index is 13.0. The third-order valence-corrected chi connectivity index (χ3v) is 6.02. The zero-order valence-electron chi connectivity index (χ0n) is 17.5. The summed E-state index contributed by atoms with van der Waals surface area (Å²) in [6.45, 7) is 2.40. The van der Waals surface area contributed by atoms with Crippen LogP contribution < -0.4 is 10.2 Å². The van der Waals surface area contributed by atoms with Crippen molar-refractivity contribution in [1.29, 1.82) is 0 Å². The fourth-order valence-electron chi connectivity index (χ4n) is 3.97. The van der Waals surface area contributed by atoms with E-state index in [1.54, 1.807) is 18.5 Å². The van der Waals surface area contributed by atoms with Gasteiger partial charge >= 0.3 is 6.18 Å². The minimum atomic E-state index is -4.41. The quantitative estimate of drug-likeness (QED) is 0.588. The van der Waals surface area contributed by atoms with Crippen molar-refractivity contribution in [3.8, 4) is 22.5 Å². The van der Waals surface area contributed by atoms with Crippen LogP contribution in [0.2, 0.25) is 5.02 Å². The molecule has 1 N–H and O–H groups in total. The molecule has 0 saturated carbocycles. The minimum absolute atomic E-state index is 0.297. The Morgan fingerprint density at radius 2 is 1.82 bits per heavy atom. The average molecular weight is 473 g/mol. The van der Waals surface area contributed by atoms with Crippen LogP contribution in [-0.4, -0.2) is 46.5 Å². The highest BCUT2D eigenvalue weighted by atomic mass is 35.5. The Labute approximate surface area is 193 Å². The molecule has 0 spiro atoms. The van der Waals surface area contributed by atoms with Gasteiger partial charge in [-0.3, -0.25) is 15.0 Å². The zero-order valence-corrected chi connectivity index (χ0v) is 18.2. The number of anilines is 1. The SMILES string of the molecule is FC(F)(F)c1ccc(-c2ncc(N3CC(NC4=NCCC4)C3)nc2-c2ccncc2Cl)cc1. The number of pyridine rings is 1. The summed E-state index contributed by atoms with van der Waals surface area (Å²) in [5.74, 6) is 1.74. The third kappa shape index (κ3) is 4.50. The summed E-state index contributed by atoms with van der Waals surface area (Å²) in [5.41, 5.74) is 1.37. The lowest BCUT2D eigenvalue weighted by Crippen LogP contribution is -2.59. The standard InChI is InChI=1S/C23H20ClF3N6/c24-18-10-28-9-7-17(18)22-21(14-3-5-15(6-4-14)23(25,26)27)30-11-20(32-22)33-12-16(13-33)31-19-2-1-8-29-19/h3-7,9-11,16H,1-2,8,12-13H2,(H,29,31). The number of hydrogen-bond acceptors (Lipinski definition) is 6. The molecule has 0 amide bonds. The molecule has 2 aromatic heterocycles. The predicted molar refractivity (Wildman–Crippen MR) is 121 cm³/mol. The molecule has 5 rings (SSSR count). The van der Waals surface area contributed by atoms with E-state index in [1.807, 2.05) is 0 Å². The summed E-state index contributed by atoms with van der Waals surface area (Å²) < 4.78 is 39.0. The summed E-state index contributed by atoms with van der Waals surface area (Å²) in [6.07, 6.45) is 2.42. The topological polar surface area (TPSA) is 66.3 Å². The molecule has 1 fully saturated rings. The Hall–Kier alpha value is -3.20. The van der Waals surface area contributed by atoms with Crippen LogP contribution in [0.15, 0.2) is 53.9 Å². The van der Waals surface area contributed by atoms with Gasteiger partial charge in [-0.25, -0.2) is 4.98 Å². The van der Waals surface area contributed by atoms with Crippen molar-refractivity contribution in [3.63, 3.8) is 0 Å². The van der Waals surface area contributed by atoms with Gasteiger partial charge in [0.1, 0.15) is 11.5 Å². The molecule has 3 aromatic rings. The first-order chi connectivity index (χ1) is 15.9. The molecule has 0 unspecified atom stereocenters. The lowest BCUT2D eigenvalue weighted by molar-refractivity contribution is -0.137. The maximum absolute atomic E-state index is 13.0. The number of benzene rings is 1. The summed E-state index contributed by atoms with van der Waals surface area (Å²) in [6, 6.07) is 6.91. The smallest absolute Gasteiger partial charge is 0.368 e. The number of halogens is 4. The molecule has 1 aromatic carbocycles. The molecule has 1 saturated heterocycles. The molecule has 6 nitrogen and oxygen atoms in total. The normalized spacial score (nSPS) is 16.5. The first-order valence-corrected chi connectivity index (χ1v) is 11.0. The molecule has 33 heavy (non-hydrogen) atoms. The Morgan fingerprint density at radius 3 is 2.48 bits per heavy atom. The van der Waals surface area contributed by atoms with Gasteiger partial charge in [-0.15, -0.1) is 0 Å². The highest BCUT2D eigenvalue weighted by molar-refractivity contribution is 6.33. The molecule has 0 radical (unpaired) electrons. The van der Waals surface area contributed by atoms with Crippen LogP contribution in [0.3, 0.4) is 0 Å². The number of aliphatic imine (C=N–C) groups is 1. The van der Waals surface area contributed by atoms with Crippen molar-refractivity contribution in [2.24, 2.45) is 4.99 Å². The number of rotatable bonds is 4. The van der Waals surface area contributed by atoms with E-state index < -0.39 is 11.7 Å². The van der Waals surface area contributed by atoms with Crippen molar-refractivity contribution in [3.05, 3.63) is 59.5 Å². The fraction of sp³-hybridized carbons (Fsp3) is 0.304. The van der Waals surface area contributed by atoms with Crippen LogP contribution >= 0.6 is 11.6 Å². The van der Waals surface area contributed by atoms with E-state index in [9.17, 15) is 13.2 Å². The van der Waals surface area contributed by atoms with Crippen molar-refractivity contribution >= 4 is 23.3 Å². The highest BCUT2D eigenvalue weighted by Gasteiger charge is 2.31. The number of amidine groups is 1. The van der Waals surface area contributed by atoms with Gasteiger partial charge in [0, 0.05) is 49.6 Å². The van der Waals surface area contributed by atoms with Crippen LogP contribution in [0.1, 0.15) is 18.4 Å². The van der Waals surface area contributed by atoms with E-state index in [0.29, 0.717) is 39.4 Å². The molecule has 0 bridgehead atoms. The fourth-order valence-corrected chi connectivity index (χ4v) is 4.17. The number of nitrogens with zero attached hydrogens (tertiary/aromatic N) is 5. The molecule has 170 valence electrons. The van der Waals surface area contributed by atoms with Crippen LogP contribution in [0.5, 0.6) is 0 Å². The van der Waals surface area contributed by atoms with Crippen LogP contribution in [0.25, 0.3) is 22.5 Å². The average Bonchev–Trinajstić information content (AvgIpc) is 3.29. The molecule has 0 atom stereocenters. The van der Waals surface area contributed by atoms with Gasteiger partial charge in [0.15, 0.2) is 0 Å². The molecular weight excluding hydrogens is 453 g/mol. The van der Waals surface area contributed by atoms with Crippen LogP contribution in [0, 0.1) is 0 Å². The summed E-state index contributed by atoms with van der Waals surface area (Å²) >= 11 is 6.39. The number of hydrogen-bond donors (Lipinski definition) is 1. The van der Waals surface area contributed by atoms with Crippen LogP contribution in [-0.2, 0) is 6.18 Å². The molecule has 10 heteroatoms. The Morgan fingerprint density at radius 1 is 1.03 bits per heavy atom. The lowest BCUT2D eigenvalue weighted by Gasteiger charge is -2.40. The Kier molecular flexibility index (Phi) is 5.65. The van der Waals surface area contributed by atoms with Crippen molar-refractivity contribution in [1.82, 2.24) is 20.3 Å². The Bertz CT molecular complexity index is 1190. The van der Waals surface area contributed by atoms with Gasteiger partial charge in [-0.2, -0.15) is 13.2 Å². The van der Waals surface area contributed by atoms with Gasteiger partial charge < -0.3 is 10.2 Å². The third-order valence-electron chi connectivity index (χ3n) is 5.72. The van der Waals surface area contributed by atoms with E-state index in [1.165, 1.54) is 18.3 Å². The Balaban J connectivity index is 1.45. The van der Waals surface area contributed by atoms with Gasteiger partial charge in [0.2, 0.25) is 0 Å². The van der Waals surface area contributed by atoms with E-state index in [-0.39, 0.29) is 0 Å². The number of alkyl halides is 3. The molecule has 2 aliphatic heterocycles.